The molecule has 0 bridgehead atoms. The molecule has 74 valence electrons. The van der Waals surface area contributed by atoms with Crippen molar-refractivity contribution in [3.63, 3.8) is 0 Å². The summed E-state index contributed by atoms with van der Waals surface area (Å²) < 4.78 is 21.7. The minimum Gasteiger partial charge on any atom is -0.346 e. The second-order valence-corrected chi connectivity index (χ2v) is 5.67. The van der Waals surface area contributed by atoms with E-state index in [0.717, 1.165) is 5.39 Å². The van der Waals surface area contributed by atoms with Gasteiger partial charge in [0.05, 0.1) is 5.75 Å². The van der Waals surface area contributed by atoms with E-state index in [1.165, 1.54) is 0 Å². The van der Waals surface area contributed by atoms with Crippen LogP contribution in [0.25, 0.3) is 11.0 Å². The number of aromatic amines is 1. The molecule has 1 N–H and O–H groups in total. The predicted octanol–water partition coefficient (Wildman–Crippen LogP) is 1.63. The van der Waals surface area contributed by atoms with Crippen LogP contribution in [-0.2, 0) is 14.8 Å². The highest BCUT2D eigenvalue weighted by Crippen LogP contribution is 2.19. The van der Waals surface area contributed by atoms with Gasteiger partial charge in [0.25, 0.3) is 0 Å². The van der Waals surface area contributed by atoms with Crippen LogP contribution in [0, 0.1) is 0 Å². The van der Waals surface area contributed by atoms with Gasteiger partial charge in [-0.25, -0.2) is 13.4 Å². The summed E-state index contributed by atoms with van der Waals surface area (Å²) in [5, 5.41) is 0.789. The van der Waals surface area contributed by atoms with Crippen molar-refractivity contribution < 1.29 is 8.42 Å². The first-order chi connectivity index (χ1) is 6.56. The predicted molar refractivity (Wildman–Crippen MR) is 54.6 cm³/mol. The third kappa shape index (κ3) is 1.88. The van der Waals surface area contributed by atoms with E-state index in [0.29, 0.717) is 11.2 Å². The monoisotopic (exact) mass is 230 g/mol. The van der Waals surface area contributed by atoms with Gasteiger partial charge < -0.3 is 4.98 Å². The summed E-state index contributed by atoms with van der Waals surface area (Å²) in [7, 11) is 1.65. The van der Waals surface area contributed by atoms with Crippen LogP contribution in [0.1, 0.15) is 5.56 Å². The molecule has 0 saturated heterocycles. The van der Waals surface area contributed by atoms with E-state index in [1.807, 2.05) is 0 Å². The quantitative estimate of drug-likeness (QED) is 0.798. The first-order valence-electron chi connectivity index (χ1n) is 3.89. The molecule has 0 saturated carbocycles. The first-order valence-corrected chi connectivity index (χ1v) is 6.37. The normalized spacial score (nSPS) is 12.1. The fraction of sp³-hybridized carbons (Fsp3) is 0.125. The van der Waals surface area contributed by atoms with Crippen molar-refractivity contribution in [1.82, 2.24) is 9.97 Å². The van der Waals surface area contributed by atoms with Gasteiger partial charge in [-0.05, 0) is 17.7 Å². The fourth-order valence-electron chi connectivity index (χ4n) is 1.32. The highest BCUT2D eigenvalue weighted by atomic mass is 35.7. The Morgan fingerprint density at radius 3 is 3.00 bits per heavy atom. The van der Waals surface area contributed by atoms with Gasteiger partial charge in [0, 0.05) is 28.5 Å². The largest absolute Gasteiger partial charge is 0.346 e. The Hall–Kier alpha value is -1.07. The number of hydrogen-bond donors (Lipinski definition) is 1. The van der Waals surface area contributed by atoms with Crippen molar-refractivity contribution >= 4 is 30.8 Å². The summed E-state index contributed by atoms with van der Waals surface area (Å²) in [6, 6.07) is 3.55. The fourth-order valence-corrected chi connectivity index (χ4v) is 2.28. The molecule has 0 atom stereocenters. The maximum atomic E-state index is 10.9. The zero-order valence-electron chi connectivity index (χ0n) is 7.07. The molecule has 0 aliphatic heterocycles. The van der Waals surface area contributed by atoms with Gasteiger partial charge >= 0.3 is 0 Å². The number of nitrogens with one attached hydrogen (secondary N) is 1. The molecular weight excluding hydrogens is 224 g/mol. The summed E-state index contributed by atoms with van der Waals surface area (Å²) in [4.78, 5) is 6.91. The van der Waals surface area contributed by atoms with E-state index >= 15 is 0 Å². The van der Waals surface area contributed by atoms with Gasteiger partial charge in [-0.1, -0.05) is 0 Å². The van der Waals surface area contributed by atoms with Crippen LogP contribution >= 0.6 is 10.7 Å². The Morgan fingerprint density at radius 2 is 2.29 bits per heavy atom. The molecule has 6 heteroatoms. The summed E-state index contributed by atoms with van der Waals surface area (Å²) in [5.41, 5.74) is 1.31. The summed E-state index contributed by atoms with van der Waals surface area (Å²) >= 11 is 0. The highest BCUT2D eigenvalue weighted by molar-refractivity contribution is 8.13. The van der Waals surface area contributed by atoms with Gasteiger partial charge in [-0.3, -0.25) is 0 Å². The van der Waals surface area contributed by atoms with Gasteiger partial charge in [0.1, 0.15) is 5.65 Å². The topological polar surface area (TPSA) is 62.8 Å². The van der Waals surface area contributed by atoms with Gasteiger partial charge in [0.15, 0.2) is 0 Å². The Labute approximate surface area is 85.3 Å². The van der Waals surface area contributed by atoms with Gasteiger partial charge in [-0.2, -0.15) is 0 Å². The van der Waals surface area contributed by atoms with Gasteiger partial charge in [-0.15, -0.1) is 0 Å². The van der Waals surface area contributed by atoms with Crippen molar-refractivity contribution in [2.75, 3.05) is 0 Å². The molecule has 2 aromatic heterocycles. The minimum atomic E-state index is -3.51. The summed E-state index contributed by atoms with van der Waals surface area (Å²) in [5.74, 6) is -0.180. The van der Waals surface area contributed by atoms with Crippen LogP contribution in [0.15, 0.2) is 24.5 Å². The zero-order chi connectivity index (χ0) is 10.2. The third-order valence-electron chi connectivity index (χ3n) is 1.86. The molecule has 2 rings (SSSR count). The molecule has 2 aromatic rings. The van der Waals surface area contributed by atoms with E-state index < -0.39 is 9.05 Å². The van der Waals surface area contributed by atoms with E-state index in [1.54, 1.807) is 24.5 Å². The van der Waals surface area contributed by atoms with Crippen LogP contribution in [0.2, 0.25) is 0 Å². The molecule has 4 nitrogen and oxygen atoms in total. The molecule has 0 aliphatic rings. The molecule has 0 spiro atoms. The van der Waals surface area contributed by atoms with Crippen molar-refractivity contribution in [3.8, 4) is 0 Å². The maximum absolute atomic E-state index is 10.9. The number of fused-ring (bicyclic) bond motifs is 1. The number of H-pyrrole nitrogens is 1. The number of rotatable bonds is 2. The molecule has 14 heavy (non-hydrogen) atoms. The smallest absolute Gasteiger partial charge is 0.236 e. The van der Waals surface area contributed by atoms with Crippen molar-refractivity contribution in [2.24, 2.45) is 0 Å². The number of nitrogens with zero attached hydrogens (tertiary/aromatic N) is 1. The van der Waals surface area contributed by atoms with Gasteiger partial charge in [0.2, 0.25) is 9.05 Å². The summed E-state index contributed by atoms with van der Waals surface area (Å²) in [6.45, 7) is 0. The molecule has 0 amide bonds. The van der Waals surface area contributed by atoms with Crippen molar-refractivity contribution in [1.29, 1.82) is 0 Å². The second kappa shape index (κ2) is 3.25. The Bertz CT molecular complexity index is 561. The van der Waals surface area contributed by atoms with E-state index in [-0.39, 0.29) is 5.75 Å². The summed E-state index contributed by atoms with van der Waals surface area (Å²) in [6.07, 6.45) is 3.25. The van der Waals surface area contributed by atoms with E-state index in [9.17, 15) is 8.42 Å². The average molecular weight is 231 g/mol. The van der Waals surface area contributed by atoms with E-state index in [4.69, 9.17) is 10.7 Å². The lowest BCUT2D eigenvalue weighted by atomic mass is 10.2. The van der Waals surface area contributed by atoms with Crippen LogP contribution in [0.3, 0.4) is 0 Å². The lowest BCUT2D eigenvalue weighted by Gasteiger charge is -1.93. The van der Waals surface area contributed by atoms with Crippen molar-refractivity contribution in [3.05, 3.63) is 30.1 Å². The SMILES string of the molecule is O=S(=O)(Cl)Cc1c[nH]c2ncccc12. The van der Waals surface area contributed by atoms with Crippen LogP contribution in [-0.4, -0.2) is 18.4 Å². The number of halogens is 1. The molecule has 0 aromatic carbocycles. The molecule has 0 radical (unpaired) electrons. The Kier molecular flexibility index (Phi) is 2.20. The number of aromatic nitrogens is 2. The Morgan fingerprint density at radius 1 is 1.50 bits per heavy atom. The Balaban J connectivity index is 2.54. The lowest BCUT2D eigenvalue weighted by Crippen LogP contribution is -1.93. The maximum Gasteiger partial charge on any atom is 0.236 e. The highest BCUT2D eigenvalue weighted by Gasteiger charge is 2.11. The molecular formula is C8H7ClN2O2S. The third-order valence-corrected chi connectivity index (χ3v) is 2.85. The van der Waals surface area contributed by atoms with Crippen LogP contribution < -0.4 is 0 Å². The number of pyridine rings is 1. The molecule has 0 aliphatic carbocycles. The van der Waals surface area contributed by atoms with Crippen LogP contribution in [0.4, 0.5) is 0 Å². The standard InChI is InChI=1S/C8H7ClN2O2S/c9-14(12,13)5-6-4-11-8-7(6)2-1-3-10-8/h1-4H,5H2,(H,10,11). The van der Waals surface area contributed by atoms with Crippen molar-refractivity contribution in [2.45, 2.75) is 5.75 Å². The molecule has 0 fully saturated rings. The first kappa shape index (κ1) is 9.48. The van der Waals surface area contributed by atoms with E-state index in [2.05, 4.69) is 9.97 Å². The second-order valence-electron chi connectivity index (χ2n) is 2.90. The number of hydrogen-bond acceptors (Lipinski definition) is 3. The molecule has 0 unspecified atom stereocenters. The molecule has 2 heterocycles. The van der Waals surface area contributed by atoms with Crippen LogP contribution in [0.5, 0.6) is 0 Å². The lowest BCUT2D eigenvalue weighted by molar-refractivity contribution is 0.609. The minimum absolute atomic E-state index is 0.180. The zero-order valence-corrected chi connectivity index (χ0v) is 8.64. The average Bonchev–Trinajstić information content (AvgIpc) is 2.47.